The van der Waals surface area contributed by atoms with E-state index in [1.54, 1.807) is 0 Å². The number of benzene rings is 1. The summed E-state index contributed by atoms with van der Waals surface area (Å²) in [7, 11) is 0. The first kappa shape index (κ1) is 16.9. The van der Waals surface area contributed by atoms with Crippen molar-refractivity contribution >= 4 is 11.8 Å². The van der Waals surface area contributed by atoms with Crippen molar-refractivity contribution in [3.63, 3.8) is 0 Å². The Kier molecular flexibility index (Phi) is 6.59. The highest BCUT2D eigenvalue weighted by Crippen LogP contribution is 2.27. The number of thioether (sulfide) groups is 1. The van der Waals surface area contributed by atoms with Gasteiger partial charge in [0.15, 0.2) is 0 Å². The third kappa shape index (κ3) is 4.48. The van der Waals surface area contributed by atoms with Crippen LogP contribution in [0, 0.1) is 5.92 Å². The second-order valence-electron chi connectivity index (χ2n) is 6.33. The van der Waals surface area contributed by atoms with Gasteiger partial charge in [0.1, 0.15) is 0 Å². The first-order valence-corrected chi connectivity index (χ1v) is 9.49. The van der Waals surface area contributed by atoms with E-state index in [0.717, 1.165) is 12.5 Å². The van der Waals surface area contributed by atoms with Crippen molar-refractivity contribution < 1.29 is 0 Å². The Labute approximate surface area is 134 Å². The molecular formula is C18H30N2S. The average molecular weight is 307 g/mol. The van der Waals surface area contributed by atoms with Crippen LogP contribution in [-0.4, -0.2) is 42.1 Å². The predicted octanol–water partition coefficient (Wildman–Crippen LogP) is 3.80. The summed E-state index contributed by atoms with van der Waals surface area (Å²) in [5.41, 5.74) is 1.45. The van der Waals surface area contributed by atoms with Crippen LogP contribution in [0.4, 0.5) is 0 Å². The van der Waals surface area contributed by atoms with Crippen LogP contribution >= 0.6 is 11.8 Å². The van der Waals surface area contributed by atoms with Gasteiger partial charge in [0, 0.05) is 37.0 Å². The van der Waals surface area contributed by atoms with E-state index >= 15 is 0 Å². The molecule has 118 valence electrons. The third-order valence-electron chi connectivity index (χ3n) is 4.85. The quantitative estimate of drug-likeness (QED) is 0.860. The smallest absolute Gasteiger partial charge is 0.0473 e. The molecule has 0 spiro atoms. The maximum absolute atomic E-state index is 3.79. The molecular weight excluding hydrogens is 276 g/mol. The fourth-order valence-electron chi connectivity index (χ4n) is 3.11. The van der Waals surface area contributed by atoms with Gasteiger partial charge in [-0.3, -0.25) is 4.90 Å². The van der Waals surface area contributed by atoms with E-state index in [0.29, 0.717) is 17.3 Å². The fraction of sp³-hybridized carbons (Fsp3) is 0.667. The summed E-state index contributed by atoms with van der Waals surface area (Å²) >= 11 is 1.97. The zero-order chi connectivity index (χ0) is 15.2. The lowest BCUT2D eigenvalue weighted by atomic mass is 9.93. The van der Waals surface area contributed by atoms with Crippen molar-refractivity contribution in [3.8, 4) is 0 Å². The standard InChI is InChI=1S/C18H30N2S/c1-5-14(2)17-13-20(12-15(3)21-4)18(11-19-17)16-9-7-6-8-10-16/h6-10,14-15,17-19H,5,11-13H2,1-4H3. The minimum atomic E-state index is 0.515. The van der Waals surface area contributed by atoms with Gasteiger partial charge in [-0.25, -0.2) is 0 Å². The Morgan fingerprint density at radius 1 is 1.29 bits per heavy atom. The average Bonchev–Trinajstić information content (AvgIpc) is 2.54. The highest BCUT2D eigenvalue weighted by molar-refractivity contribution is 7.99. The summed E-state index contributed by atoms with van der Waals surface area (Å²) in [5.74, 6) is 0.744. The molecule has 1 N–H and O–H groups in total. The summed E-state index contributed by atoms with van der Waals surface area (Å²) in [4.78, 5) is 2.70. The zero-order valence-corrected chi connectivity index (χ0v) is 14.7. The van der Waals surface area contributed by atoms with E-state index in [2.05, 4.69) is 67.6 Å². The summed E-state index contributed by atoms with van der Waals surface area (Å²) in [6, 6.07) is 12.1. The van der Waals surface area contributed by atoms with Crippen molar-refractivity contribution in [2.75, 3.05) is 25.9 Å². The van der Waals surface area contributed by atoms with Gasteiger partial charge < -0.3 is 5.32 Å². The van der Waals surface area contributed by atoms with Crippen LogP contribution in [0.5, 0.6) is 0 Å². The number of nitrogens with zero attached hydrogens (tertiary/aromatic N) is 1. The Balaban J connectivity index is 2.12. The van der Waals surface area contributed by atoms with Crippen molar-refractivity contribution in [2.45, 2.75) is 44.5 Å². The van der Waals surface area contributed by atoms with Crippen LogP contribution in [0.15, 0.2) is 30.3 Å². The van der Waals surface area contributed by atoms with Crippen LogP contribution in [-0.2, 0) is 0 Å². The molecule has 1 aliphatic heterocycles. The van der Waals surface area contributed by atoms with E-state index < -0.39 is 0 Å². The van der Waals surface area contributed by atoms with Gasteiger partial charge in [0.05, 0.1) is 0 Å². The summed E-state index contributed by atoms with van der Waals surface area (Å²) in [6.07, 6.45) is 3.47. The first-order valence-electron chi connectivity index (χ1n) is 8.20. The topological polar surface area (TPSA) is 15.3 Å². The monoisotopic (exact) mass is 306 g/mol. The minimum Gasteiger partial charge on any atom is -0.311 e. The number of hydrogen-bond donors (Lipinski definition) is 1. The van der Waals surface area contributed by atoms with E-state index in [1.165, 1.54) is 25.1 Å². The summed E-state index contributed by atoms with van der Waals surface area (Å²) < 4.78 is 0. The second kappa shape index (κ2) is 8.21. The van der Waals surface area contributed by atoms with Gasteiger partial charge in [-0.1, -0.05) is 57.5 Å². The van der Waals surface area contributed by atoms with Crippen LogP contribution in [0.1, 0.15) is 38.8 Å². The molecule has 0 aromatic heterocycles. The lowest BCUT2D eigenvalue weighted by molar-refractivity contribution is 0.111. The van der Waals surface area contributed by atoms with E-state index in [4.69, 9.17) is 0 Å². The van der Waals surface area contributed by atoms with Crippen LogP contribution < -0.4 is 5.32 Å². The van der Waals surface area contributed by atoms with E-state index in [9.17, 15) is 0 Å². The molecule has 0 radical (unpaired) electrons. The van der Waals surface area contributed by atoms with Gasteiger partial charge in [0.2, 0.25) is 0 Å². The predicted molar refractivity (Wildman–Crippen MR) is 95.0 cm³/mol. The van der Waals surface area contributed by atoms with Crippen molar-refractivity contribution in [1.29, 1.82) is 0 Å². The van der Waals surface area contributed by atoms with Crippen LogP contribution in [0.25, 0.3) is 0 Å². The maximum atomic E-state index is 3.79. The van der Waals surface area contributed by atoms with Gasteiger partial charge in [-0.2, -0.15) is 11.8 Å². The molecule has 1 aromatic carbocycles. The lowest BCUT2D eigenvalue weighted by Crippen LogP contribution is -2.55. The number of rotatable bonds is 6. The molecule has 1 heterocycles. The minimum absolute atomic E-state index is 0.515. The molecule has 0 amide bonds. The van der Waals surface area contributed by atoms with Gasteiger partial charge in [0.25, 0.3) is 0 Å². The Morgan fingerprint density at radius 3 is 2.62 bits per heavy atom. The molecule has 1 aromatic rings. The molecule has 1 saturated heterocycles. The Hall–Kier alpha value is -0.510. The van der Waals surface area contributed by atoms with E-state index in [-0.39, 0.29) is 0 Å². The zero-order valence-electron chi connectivity index (χ0n) is 13.9. The largest absolute Gasteiger partial charge is 0.311 e. The molecule has 21 heavy (non-hydrogen) atoms. The molecule has 3 heteroatoms. The van der Waals surface area contributed by atoms with Crippen LogP contribution in [0.2, 0.25) is 0 Å². The Morgan fingerprint density at radius 2 is 2.00 bits per heavy atom. The molecule has 1 fully saturated rings. The number of hydrogen-bond acceptors (Lipinski definition) is 3. The Bertz CT molecular complexity index is 409. The van der Waals surface area contributed by atoms with Gasteiger partial charge in [-0.05, 0) is 17.7 Å². The molecule has 4 unspecified atom stereocenters. The van der Waals surface area contributed by atoms with Gasteiger partial charge >= 0.3 is 0 Å². The maximum Gasteiger partial charge on any atom is 0.0473 e. The highest BCUT2D eigenvalue weighted by Gasteiger charge is 2.31. The molecule has 0 aliphatic carbocycles. The highest BCUT2D eigenvalue weighted by atomic mass is 32.2. The van der Waals surface area contributed by atoms with Crippen molar-refractivity contribution in [2.24, 2.45) is 5.92 Å². The van der Waals surface area contributed by atoms with Crippen molar-refractivity contribution in [3.05, 3.63) is 35.9 Å². The molecule has 2 rings (SSSR count). The number of piperazine rings is 1. The molecule has 0 bridgehead atoms. The van der Waals surface area contributed by atoms with Crippen molar-refractivity contribution in [1.82, 2.24) is 10.2 Å². The molecule has 0 saturated carbocycles. The van der Waals surface area contributed by atoms with Gasteiger partial charge in [-0.15, -0.1) is 0 Å². The number of nitrogens with one attached hydrogen (secondary N) is 1. The van der Waals surface area contributed by atoms with E-state index in [1.807, 2.05) is 11.8 Å². The molecule has 1 aliphatic rings. The first-order chi connectivity index (χ1) is 10.2. The third-order valence-corrected chi connectivity index (χ3v) is 5.81. The fourth-order valence-corrected chi connectivity index (χ4v) is 3.45. The van der Waals surface area contributed by atoms with Crippen LogP contribution in [0.3, 0.4) is 0 Å². The SMILES string of the molecule is CCC(C)C1CN(CC(C)SC)C(c2ccccc2)CN1. The summed E-state index contributed by atoms with van der Waals surface area (Å²) in [5, 5.41) is 4.48. The second-order valence-corrected chi connectivity index (χ2v) is 7.60. The molecule has 4 atom stereocenters. The lowest BCUT2D eigenvalue weighted by Gasteiger charge is -2.43. The normalized spacial score (nSPS) is 26.5. The molecule has 2 nitrogen and oxygen atoms in total. The summed E-state index contributed by atoms with van der Waals surface area (Å²) in [6.45, 7) is 10.4.